The van der Waals surface area contributed by atoms with Crippen molar-refractivity contribution in [3.63, 3.8) is 0 Å². The average Bonchev–Trinajstić information content (AvgIpc) is 2.24. The van der Waals surface area contributed by atoms with Gasteiger partial charge in [0.1, 0.15) is 3.70 Å². The van der Waals surface area contributed by atoms with Gasteiger partial charge in [0.2, 0.25) is 5.91 Å². The second kappa shape index (κ2) is 4.44. The highest BCUT2D eigenvalue weighted by Gasteiger charge is 2.25. The molecular formula is C10H12IN3O. The number of amides is 1. The molecule has 1 atom stereocenters. The van der Waals surface area contributed by atoms with E-state index in [2.05, 4.69) is 32.9 Å². The predicted molar refractivity (Wildman–Crippen MR) is 66.8 cm³/mol. The van der Waals surface area contributed by atoms with Crippen molar-refractivity contribution < 1.29 is 4.79 Å². The molecule has 1 amide bonds. The minimum atomic E-state index is -0.0990. The van der Waals surface area contributed by atoms with E-state index in [0.29, 0.717) is 6.54 Å². The molecule has 0 bridgehead atoms. The van der Waals surface area contributed by atoms with E-state index in [0.717, 1.165) is 15.9 Å². The van der Waals surface area contributed by atoms with Crippen LogP contribution in [-0.4, -0.2) is 30.0 Å². The van der Waals surface area contributed by atoms with Crippen LogP contribution < -0.4 is 10.2 Å². The molecule has 1 fully saturated rings. The zero-order chi connectivity index (χ0) is 10.8. The molecular weight excluding hydrogens is 305 g/mol. The van der Waals surface area contributed by atoms with E-state index in [9.17, 15) is 4.79 Å². The number of rotatable bonds is 1. The first-order chi connectivity index (χ1) is 7.18. The van der Waals surface area contributed by atoms with Crippen LogP contribution in [0.5, 0.6) is 0 Å². The highest BCUT2D eigenvalue weighted by Crippen LogP contribution is 2.16. The first kappa shape index (κ1) is 10.8. The van der Waals surface area contributed by atoms with Gasteiger partial charge in [-0.2, -0.15) is 0 Å². The number of carbonyl (C=O) groups is 1. The van der Waals surface area contributed by atoms with Gasteiger partial charge in [-0.1, -0.05) is 0 Å². The van der Waals surface area contributed by atoms with Crippen LogP contribution in [0.25, 0.3) is 0 Å². The van der Waals surface area contributed by atoms with Crippen molar-refractivity contribution >= 4 is 34.2 Å². The van der Waals surface area contributed by atoms with Crippen LogP contribution in [0.3, 0.4) is 0 Å². The summed E-state index contributed by atoms with van der Waals surface area (Å²) in [6, 6.07) is 3.75. The van der Waals surface area contributed by atoms with Gasteiger partial charge in [0.25, 0.3) is 0 Å². The van der Waals surface area contributed by atoms with Crippen molar-refractivity contribution in [1.82, 2.24) is 10.3 Å². The van der Waals surface area contributed by atoms with Gasteiger partial charge in [-0.15, -0.1) is 0 Å². The lowest BCUT2D eigenvalue weighted by Crippen LogP contribution is -2.53. The SMILES string of the molecule is C[C@H]1NCCN(c2ccc(I)nc2)C1=O. The number of pyridine rings is 1. The summed E-state index contributed by atoms with van der Waals surface area (Å²) in [5.41, 5.74) is 0.883. The van der Waals surface area contributed by atoms with Gasteiger partial charge in [0.15, 0.2) is 0 Å². The molecule has 0 radical (unpaired) electrons. The van der Waals surface area contributed by atoms with E-state index < -0.39 is 0 Å². The molecule has 1 aliphatic rings. The van der Waals surface area contributed by atoms with Crippen LogP contribution in [-0.2, 0) is 4.79 Å². The maximum Gasteiger partial charge on any atom is 0.243 e. The molecule has 15 heavy (non-hydrogen) atoms. The van der Waals surface area contributed by atoms with Gasteiger partial charge in [0.05, 0.1) is 17.9 Å². The number of nitrogens with zero attached hydrogens (tertiary/aromatic N) is 2. The molecule has 1 aromatic heterocycles. The number of hydrogen-bond acceptors (Lipinski definition) is 3. The van der Waals surface area contributed by atoms with Crippen molar-refractivity contribution in [2.24, 2.45) is 0 Å². The Morgan fingerprint density at radius 2 is 2.40 bits per heavy atom. The predicted octanol–water partition coefficient (Wildman–Crippen LogP) is 1.01. The quantitative estimate of drug-likeness (QED) is 0.621. The summed E-state index contributed by atoms with van der Waals surface area (Å²) >= 11 is 2.15. The number of nitrogens with one attached hydrogen (secondary N) is 1. The number of anilines is 1. The van der Waals surface area contributed by atoms with Gasteiger partial charge in [-0.3, -0.25) is 4.79 Å². The Labute approximate surface area is 102 Å². The van der Waals surface area contributed by atoms with Crippen LogP contribution in [0, 0.1) is 3.70 Å². The van der Waals surface area contributed by atoms with E-state index in [-0.39, 0.29) is 11.9 Å². The molecule has 1 aliphatic heterocycles. The third kappa shape index (κ3) is 2.28. The van der Waals surface area contributed by atoms with Crippen molar-refractivity contribution in [3.05, 3.63) is 22.0 Å². The summed E-state index contributed by atoms with van der Waals surface area (Å²) in [6.07, 6.45) is 1.75. The fourth-order valence-corrected chi connectivity index (χ4v) is 1.93. The fourth-order valence-electron chi connectivity index (χ4n) is 1.61. The first-order valence-corrected chi connectivity index (χ1v) is 5.92. The van der Waals surface area contributed by atoms with Crippen molar-refractivity contribution in [2.75, 3.05) is 18.0 Å². The van der Waals surface area contributed by atoms with Gasteiger partial charge < -0.3 is 10.2 Å². The molecule has 5 heteroatoms. The Bertz CT molecular complexity index is 365. The topological polar surface area (TPSA) is 45.2 Å². The van der Waals surface area contributed by atoms with Crippen molar-refractivity contribution in [1.29, 1.82) is 0 Å². The first-order valence-electron chi connectivity index (χ1n) is 4.85. The normalized spacial score (nSPS) is 21.9. The van der Waals surface area contributed by atoms with Crippen LogP contribution in [0.15, 0.2) is 18.3 Å². The second-order valence-corrected chi connectivity index (χ2v) is 4.61. The van der Waals surface area contributed by atoms with Crippen molar-refractivity contribution in [2.45, 2.75) is 13.0 Å². The number of carbonyl (C=O) groups excluding carboxylic acids is 1. The zero-order valence-corrected chi connectivity index (χ0v) is 10.6. The Morgan fingerprint density at radius 3 is 3.07 bits per heavy atom. The van der Waals surface area contributed by atoms with Gasteiger partial charge in [-0.25, -0.2) is 4.98 Å². The highest BCUT2D eigenvalue weighted by molar-refractivity contribution is 14.1. The molecule has 4 nitrogen and oxygen atoms in total. The zero-order valence-electron chi connectivity index (χ0n) is 8.40. The summed E-state index contributed by atoms with van der Waals surface area (Å²) in [5, 5.41) is 3.13. The van der Waals surface area contributed by atoms with Crippen LogP contribution >= 0.6 is 22.6 Å². The lowest BCUT2D eigenvalue weighted by molar-refractivity contribution is -0.121. The van der Waals surface area contributed by atoms with Gasteiger partial charge in [0, 0.05) is 13.1 Å². The minimum absolute atomic E-state index is 0.0990. The standard InChI is InChI=1S/C10H12IN3O/c1-7-10(15)14(5-4-12-7)8-2-3-9(11)13-6-8/h2-3,6-7,12H,4-5H2,1H3/t7-/m1/s1. The Hall–Kier alpha value is -0.690. The Balaban J connectivity index is 2.22. The molecule has 2 heterocycles. The molecule has 0 aliphatic carbocycles. The number of hydrogen-bond donors (Lipinski definition) is 1. The second-order valence-electron chi connectivity index (χ2n) is 3.50. The van der Waals surface area contributed by atoms with Crippen LogP contribution in [0.2, 0.25) is 0 Å². The summed E-state index contributed by atoms with van der Waals surface area (Å²) in [4.78, 5) is 17.8. The molecule has 2 rings (SSSR count). The van der Waals surface area contributed by atoms with Crippen LogP contribution in [0.1, 0.15) is 6.92 Å². The average molecular weight is 317 g/mol. The van der Waals surface area contributed by atoms with E-state index in [1.807, 2.05) is 19.1 Å². The molecule has 1 aromatic rings. The van der Waals surface area contributed by atoms with E-state index in [1.54, 1.807) is 11.1 Å². The number of halogens is 1. The molecule has 0 unspecified atom stereocenters. The minimum Gasteiger partial charge on any atom is -0.308 e. The Morgan fingerprint density at radius 1 is 1.60 bits per heavy atom. The Kier molecular flexibility index (Phi) is 3.20. The fraction of sp³-hybridized carbons (Fsp3) is 0.400. The molecule has 1 saturated heterocycles. The third-order valence-electron chi connectivity index (χ3n) is 2.45. The highest BCUT2D eigenvalue weighted by atomic mass is 127. The molecule has 0 aromatic carbocycles. The van der Waals surface area contributed by atoms with Crippen molar-refractivity contribution in [3.8, 4) is 0 Å². The van der Waals surface area contributed by atoms with E-state index >= 15 is 0 Å². The third-order valence-corrected chi connectivity index (χ3v) is 3.08. The summed E-state index contributed by atoms with van der Waals surface area (Å²) in [7, 11) is 0. The van der Waals surface area contributed by atoms with Gasteiger partial charge >= 0.3 is 0 Å². The molecule has 0 spiro atoms. The van der Waals surface area contributed by atoms with E-state index in [4.69, 9.17) is 0 Å². The molecule has 80 valence electrons. The van der Waals surface area contributed by atoms with Gasteiger partial charge in [-0.05, 0) is 41.6 Å². The number of aromatic nitrogens is 1. The maximum absolute atomic E-state index is 11.8. The summed E-state index contributed by atoms with van der Waals surface area (Å²) in [6.45, 7) is 3.43. The largest absolute Gasteiger partial charge is 0.308 e. The molecule has 0 saturated carbocycles. The lowest BCUT2D eigenvalue weighted by atomic mass is 10.2. The number of piperazine rings is 1. The lowest BCUT2D eigenvalue weighted by Gasteiger charge is -2.31. The molecule has 1 N–H and O–H groups in total. The monoisotopic (exact) mass is 317 g/mol. The smallest absolute Gasteiger partial charge is 0.243 e. The maximum atomic E-state index is 11.8. The van der Waals surface area contributed by atoms with Crippen LogP contribution in [0.4, 0.5) is 5.69 Å². The summed E-state index contributed by atoms with van der Waals surface area (Å²) < 4.78 is 0.937. The van der Waals surface area contributed by atoms with E-state index in [1.165, 1.54) is 0 Å². The summed E-state index contributed by atoms with van der Waals surface area (Å²) in [5.74, 6) is 0.115.